The summed E-state index contributed by atoms with van der Waals surface area (Å²) in [4.78, 5) is 30.9. The van der Waals surface area contributed by atoms with Crippen molar-refractivity contribution >= 4 is 17.4 Å². The molecule has 0 bridgehead atoms. The first-order valence-electron chi connectivity index (χ1n) is 12.8. The summed E-state index contributed by atoms with van der Waals surface area (Å²) >= 11 is 0. The first kappa shape index (κ1) is 32.8. The average Bonchev–Trinajstić information content (AvgIpc) is 3.19. The number of ether oxygens (including phenoxy) is 2. The number of pyridine rings is 1. The molecule has 2 aromatic heterocycles. The Kier molecular flexibility index (Phi) is 9.41. The van der Waals surface area contributed by atoms with E-state index in [9.17, 15) is 36.6 Å². The lowest BCUT2D eigenvalue weighted by atomic mass is 10.1. The Bertz CT molecular complexity index is 1750. The van der Waals surface area contributed by atoms with E-state index in [-0.39, 0.29) is 29.4 Å². The van der Waals surface area contributed by atoms with Crippen LogP contribution in [0.4, 0.5) is 42.2 Å². The Morgan fingerprint density at radius 2 is 1.67 bits per heavy atom. The third-order valence-electron chi connectivity index (χ3n) is 6.29. The molecule has 1 unspecified atom stereocenters. The van der Waals surface area contributed by atoms with Crippen LogP contribution in [-0.2, 0) is 13.2 Å². The highest BCUT2D eigenvalue weighted by Gasteiger charge is 2.37. The number of alkyl halides is 5. The molecule has 17 heteroatoms. The SMILES string of the molecule is COc1cc(F)c(-c2c(NC(=O)c3ccc(OC(F)F)cc3)c(=O)n(-c3nc(NCC(C)O)ccc3C(F)(F)F)n2C)c(F)c1. The predicted molar refractivity (Wildman–Crippen MR) is 147 cm³/mol. The van der Waals surface area contributed by atoms with Crippen LogP contribution in [0.25, 0.3) is 17.1 Å². The zero-order chi connectivity index (χ0) is 33.2. The molecule has 0 aliphatic heterocycles. The van der Waals surface area contributed by atoms with Gasteiger partial charge in [-0.15, -0.1) is 0 Å². The van der Waals surface area contributed by atoms with Gasteiger partial charge in [0, 0.05) is 31.3 Å². The molecule has 4 rings (SSSR count). The number of nitrogens with one attached hydrogen (secondary N) is 2. The van der Waals surface area contributed by atoms with Crippen molar-refractivity contribution in [1.82, 2.24) is 14.3 Å². The highest BCUT2D eigenvalue weighted by molar-refractivity contribution is 6.06. The number of aliphatic hydroxyl groups excluding tert-OH is 1. The number of hydrogen-bond donors (Lipinski definition) is 3. The van der Waals surface area contributed by atoms with E-state index in [2.05, 4.69) is 20.4 Å². The average molecular weight is 644 g/mol. The van der Waals surface area contributed by atoms with Crippen LogP contribution >= 0.6 is 0 Å². The van der Waals surface area contributed by atoms with E-state index in [1.165, 1.54) is 6.92 Å². The van der Waals surface area contributed by atoms with Gasteiger partial charge in [-0.2, -0.15) is 26.6 Å². The summed E-state index contributed by atoms with van der Waals surface area (Å²) in [5.41, 5.74) is -5.42. The number of aromatic nitrogens is 3. The molecule has 0 saturated carbocycles. The molecule has 2 aromatic carbocycles. The molecule has 1 amide bonds. The fraction of sp³-hybridized carbons (Fsp3) is 0.250. The zero-order valence-corrected chi connectivity index (χ0v) is 23.5. The number of benzene rings is 2. The number of anilines is 2. The normalized spacial score (nSPS) is 12.3. The van der Waals surface area contributed by atoms with Gasteiger partial charge in [0.25, 0.3) is 11.5 Å². The number of rotatable bonds is 10. The van der Waals surface area contributed by atoms with Crippen LogP contribution in [0.2, 0.25) is 0 Å². The van der Waals surface area contributed by atoms with Crippen LogP contribution in [0.5, 0.6) is 11.5 Å². The van der Waals surface area contributed by atoms with E-state index >= 15 is 8.78 Å². The minimum Gasteiger partial charge on any atom is -0.497 e. The summed E-state index contributed by atoms with van der Waals surface area (Å²) in [7, 11) is 2.15. The highest BCUT2D eigenvalue weighted by Crippen LogP contribution is 2.37. The summed E-state index contributed by atoms with van der Waals surface area (Å²) in [5, 5.41) is 14.4. The van der Waals surface area contributed by atoms with Crippen LogP contribution in [0, 0.1) is 11.6 Å². The van der Waals surface area contributed by atoms with E-state index in [0.717, 1.165) is 56.6 Å². The van der Waals surface area contributed by atoms with Crippen LogP contribution in [0.3, 0.4) is 0 Å². The van der Waals surface area contributed by atoms with Gasteiger partial charge in [-0.3, -0.25) is 14.3 Å². The Morgan fingerprint density at radius 1 is 1.04 bits per heavy atom. The van der Waals surface area contributed by atoms with Crippen LogP contribution < -0.4 is 25.7 Å². The number of halogens is 7. The van der Waals surface area contributed by atoms with Gasteiger partial charge in [0.15, 0.2) is 5.82 Å². The molecule has 0 fully saturated rings. The number of hydrogen-bond acceptors (Lipinski definition) is 7. The quantitative estimate of drug-likeness (QED) is 0.204. The summed E-state index contributed by atoms with van der Waals surface area (Å²) in [6.45, 7) is -1.88. The van der Waals surface area contributed by atoms with Gasteiger partial charge >= 0.3 is 12.8 Å². The maximum Gasteiger partial charge on any atom is 0.420 e. The van der Waals surface area contributed by atoms with Crippen molar-refractivity contribution in [2.75, 3.05) is 24.3 Å². The molecule has 0 radical (unpaired) electrons. The Balaban J connectivity index is 1.96. The molecule has 0 aliphatic rings. The smallest absolute Gasteiger partial charge is 0.420 e. The molecular formula is C28H24F7N5O5. The number of carbonyl (C=O) groups is 1. The van der Waals surface area contributed by atoms with Crippen molar-refractivity contribution in [3.63, 3.8) is 0 Å². The number of carbonyl (C=O) groups excluding carboxylic acids is 1. The Morgan fingerprint density at radius 3 is 2.20 bits per heavy atom. The number of methoxy groups -OCH3 is 1. The monoisotopic (exact) mass is 643 g/mol. The fourth-order valence-corrected chi connectivity index (χ4v) is 4.29. The van der Waals surface area contributed by atoms with Gasteiger partial charge in [0.05, 0.1) is 18.8 Å². The van der Waals surface area contributed by atoms with Gasteiger partial charge in [0.1, 0.15) is 45.9 Å². The van der Waals surface area contributed by atoms with Crippen molar-refractivity contribution in [1.29, 1.82) is 0 Å². The minimum absolute atomic E-state index is 0.129. The van der Waals surface area contributed by atoms with Crippen molar-refractivity contribution in [3.05, 3.63) is 81.6 Å². The molecule has 240 valence electrons. The van der Waals surface area contributed by atoms with Crippen molar-refractivity contribution in [3.8, 4) is 28.6 Å². The molecule has 10 nitrogen and oxygen atoms in total. The van der Waals surface area contributed by atoms with Crippen LogP contribution in [0.15, 0.2) is 53.3 Å². The lowest BCUT2D eigenvalue weighted by Gasteiger charge is -2.17. The van der Waals surface area contributed by atoms with Crippen LogP contribution in [0.1, 0.15) is 22.8 Å². The van der Waals surface area contributed by atoms with E-state index in [0.29, 0.717) is 15.4 Å². The predicted octanol–water partition coefficient (Wildman–Crippen LogP) is 5.19. The molecule has 0 spiro atoms. The van der Waals surface area contributed by atoms with Crippen molar-refractivity contribution in [2.24, 2.45) is 7.05 Å². The lowest BCUT2D eigenvalue weighted by Crippen LogP contribution is -2.27. The van der Waals surface area contributed by atoms with Gasteiger partial charge < -0.3 is 25.2 Å². The van der Waals surface area contributed by atoms with E-state index in [1.54, 1.807) is 0 Å². The van der Waals surface area contributed by atoms with Gasteiger partial charge in [-0.1, -0.05) is 0 Å². The number of amides is 1. The second kappa shape index (κ2) is 12.9. The van der Waals surface area contributed by atoms with Gasteiger partial charge in [0.2, 0.25) is 0 Å². The molecule has 0 saturated heterocycles. The Hall–Kier alpha value is -5.06. The molecule has 2 heterocycles. The molecule has 1 atom stereocenters. The summed E-state index contributed by atoms with van der Waals surface area (Å²) in [6.07, 6.45) is -6.00. The summed E-state index contributed by atoms with van der Waals surface area (Å²) in [6, 6.07) is 7.20. The van der Waals surface area contributed by atoms with Crippen LogP contribution in [-0.4, -0.2) is 51.7 Å². The second-order valence-corrected chi connectivity index (χ2v) is 9.48. The highest BCUT2D eigenvalue weighted by atomic mass is 19.4. The van der Waals surface area contributed by atoms with E-state index in [1.807, 2.05) is 0 Å². The number of nitrogens with zero attached hydrogens (tertiary/aromatic N) is 3. The molecule has 4 aromatic rings. The fourth-order valence-electron chi connectivity index (χ4n) is 4.29. The number of aliphatic hydroxyl groups is 1. The maximum atomic E-state index is 15.3. The minimum atomic E-state index is -5.07. The maximum absolute atomic E-state index is 15.3. The van der Waals surface area contributed by atoms with Crippen molar-refractivity contribution in [2.45, 2.75) is 25.8 Å². The summed E-state index contributed by atoms with van der Waals surface area (Å²) < 4.78 is 108. The third kappa shape index (κ3) is 7.03. The van der Waals surface area contributed by atoms with E-state index < -0.39 is 70.3 Å². The van der Waals surface area contributed by atoms with Gasteiger partial charge in [-0.25, -0.2) is 13.8 Å². The second-order valence-electron chi connectivity index (χ2n) is 9.48. The standard InChI is InChI=1S/C28H24F7N5O5/c1-13(41)12-36-20-9-8-17(28(33,34)35)24(37-20)40-26(43)22(38-25(42)14-4-6-15(7-5-14)45-27(31)32)23(39(40)2)21-18(29)10-16(44-3)11-19(21)30/h4-11,13,27,41H,12H2,1-3H3,(H,36,37)(H,38,42). The molecule has 0 aliphatic carbocycles. The lowest BCUT2D eigenvalue weighted by molar-refractivity contribution is -0.137. The molecular weight excluding hydrogens is 619 g/mol. The van der Waals surface area contributed by atoms with Gasteiger partial charge in [-0.05, 0) is 43.3 Å². The van der Waals surface area contributed by atoms with E-state index in [4.69, 9.17) is 4.74 Å². The zero-order valence-electron chi connectivity index (χ0n) is 23.5. The largest absolute Gasteiger partial charge is 0.497 e. The first-order chi connectivity index (χ1) is 21.1. The third-order valence-corrected chi connectivity index (χ3v) is 6.29. The Labute approximate surface area is 249 Å². The summed E-state index contributed by atoms with van der Waals surface area (Å²) in [5.74, 6) is -5.43. The molecule has 45 heavy (non-hydrogen) atoms. The first-order valence-corrected chi connectivity index (χ1v) is 12.8. The van der Waals surface area contributed by atoms with Crippen molar-refractivity contribution < 1.29 is 50.1 Å². The molecule has 3 N–H and O–H groups in total. The topological polar surface area (TPSA) is 120 Å².